The zero-order chi connectivity index (χ0) is 64.3. The summed E-state index contributed by atoms with van der Waals surface area (Å²) in [6.45, 7) is 32.8. The normalized spacial score (nSPS) is 16.8. The van der Waals surface area contributed by atoms with E-state index in [1.54, 1.807) is 71.9 Å². The highest BCUT2D eigenvalue weighted by molar-refractivity contribution is 9.10. The van der Waals surface area contributed by atoms with Gasteiger partial charge in [-0.25, -0.2) is 39.6 Å². The Labute approximate surface area is 531 Å². The fraction of sp³-hybridized carbons (Fsp3) is 0.574. The number of hydrogen-bond acceptors (Lipinski definition) is 11. The molecular formula is C61H90Br3F2N6O10PS2. The number of nitrogens with zero attached hydrogens (tertiary/aromatic N) is 5. The molecule has 7 rings (SSSR count). The Morgan fingerprint density at radius 1 is 0.694 bits per heavy atom. The molecule has 4 aromatic carbocycles. The summed E-state index contributed by atoms with van der Waals surface area (Å²) in [5.74, 6) is -0.666. The summed E-state index contributed by atoms with van der Waals surface area (Å²) >= 11 is 9.66. The molecule has 476 valence electrons. The van der Waals surface area contributed by atoms with Crippen molar-refractivity contribution in [3.8, 4) is 11.5 Å². The highest BCUT2D eigenvalue weighted by Gasteiger charge is 2.39. The third kappa shape index (κ3) is 23.2. The van der Waals surface area contributed by atoms with Crippen molar-refractivity contribution < 1.29 is 54.2 Å². The van der Waals surface area contributed by atoms with Gasteiger partial charge < -0.3 is 18.9 Å². The molecule has 0 unspecified atom stereocenters. The number of sulfonamides is 2. The smallest absolute Gasteiger partial charge is 0.321 e. The molecule has 0 radical (unpaired) electrons. The van der Waals surface area contributed by atoms with Crippen molar-refractivity contribution in [1.29, 1.82) is 0 Å². The summed E-state index contributed by atoms with van der Waals surface area (Å²) in [4.78, 5) is 24.4. The second-order valence-electron chi connectivity index (χ2n) is 25.3. The van der Waals surface area contributed by atoms with Gasteiger partial charge in [0.15, 0.2) is 7.51 Å². The number of alkyl halides is 1. The van der Waals surface area contributed by atoms with Crippen LogP contribution in [0.15, 0.2) is 96.3 Å². The minimum atomic E-state index is -4.10. The van der Waals surface area contributed by atoms with Gasteiger partial charge in [0.05, 0.1) is 15.3 Å². The molecule has 0 spiro atoms. The first kappa shape index (κ1) is 74.1. The lowest BCUT2D eigenvalue weighted by Crippen LogP contribution is -2.43. The van der Waals surface area contributed by atoms with Crippen LogP contribution in [-0.4, -0.2) is 128 Å². The first-order valence-corrected chi connectivity index (χ1v) is 35.6. The van der Waals surface area contributed by atoms with Crippen molar-refractivity contribution in [2.75, 3.05) is 53.4 Å². The quantitative estimate of drug-likeness (QED) is 0.0717. The molecule has 1 saturated heterocycles. The second-order valence-corrected chi connectivity index (χ2v) is 34.6. The summed E-state index contributed by atoms with van der Waals surface area (Å²) in [6, 6.07) is 18.4. The topological polar surface area (TPSA) is 177 Å². The Kier molecular flexibility index (Phi) is 26.5. The molecule has 3 heterocycles. The number of benzene rings is 4. The van der Waals surface area contributed by atoms with Crippen molar-refractivity contribution in [1.82, 2.24) is 23.0 Å². The third-order valence-electron chi connectivity index (χ3n) is 13.1. The minimum Gasteiger partial charge on any atom is -0.488 e. The zero-order valence-electron chi connectivity index (χ0n) is 52.6. The van der Waals surface area contributed by atoms with Gasteiger partial charge in [0.1, 0.15) is 58.6 Å². The van der Waals surface area contributed by atoms with Gasteiger partial charge in [-0.2, -0.15) is 9.03 Å². The Morgan fingerprint density at radius 2 is 1.14 bits per heavy atom. The van der Waals surface area contributed by atoms with Crippen molar-refractivity contribution in [2.24, 2.45) is 4.74 Å². The van der Waals surface area contributed by atoms with Gasteiger partial charge in [0.25, 0.3) is 0 Å². The molecule has 16 nitrogen and oxygen atoms in total. The zero-order valence-corrected chi connectivity index (χ0v) is 59.9. The maximum atomic E-state index is 13.9. The van der Waals surface area contributed by atoms with Crippen molar-refractivity contribution in [3.05, 3.63) is 116 Å². The number of ether oxygens (including phenoxy) is 4. The van der Waals surface area contributed by atoms with Crippen LogP contribution in [0.25, 0.3) is 0 Å². The number of esters is 2. The van der Waals surface area contributed by atoms with Gasteiger partial charge in [-0.15, -0.1) is 0 Å². The number of halogens is 5. The molecule has 0 bridgehead atoms. The molecular weight excluding hydrogens is 1350 g/mol. The number of aryl methyl sites for hydroxylation is 2. The maximum absolute atomic E-state index is 13.9. The van der Waals surface area contributed by atoms with Gasteiger partial charge in [-0.05, 0) is 231 Å². The largest absolute Gasteiger partial charge is 0.488 e. The van der Waals surface area contributed by atoms with Crippen LogP contribution in [0.2, 0.25) is 0 Å². The Bertz CT molecular complexity index is 3190. The van der Waals surface area contributed by atoms with Gasteiger partial charge in [-0.3, -0.25) is 14.3 Å². The predicted molar refractivity (Wildman–Crippen MR) is 346 cm³/mol. The minimum absolute atomic E-state index is 0.0101. The van der Waals surface area contributed by atoms with Crippen LogP contribution < -0.4 is 14.2 Å². The van der Waals surface area contributed by atoms with Crippen LogP contribution in [0.1, 0.15) is 145 Å². The van der Waals surface area contributed by atoms with Crippen LogP contribution in [0.4, 0.5) is 8.78 Å². The fourth-order valence-electron chi connectivity index (χ4n) is 9.41. The Balaban J connectivity index is 0.000000261. The number of carbonyl (C=O) groups excluding carboxylic acids is 2. The molecule has 0 aromatic heterocycles. The summed E-state index contributed by atoms with van der Waals surface area (Å²) in [5.41, 5.74) is 1.00. The summed E-state index contributed by atoms with van der Waals surface area (Å²) < 4.78 is 118. The van der Waals surface area contributed by atoms with Gasteiger partial charge in [0, 0.05) is 47.0 Å². The molecule has 0 saturated carbocycles. The van der Waals surface area contributed by atoms with E-state index in [4.69, 9.17) is 23.7 Å². The van der Waals surface area contributed by atoms with E-state index in [0.29, 0.717) is 33.3 Å². The second kappa shape index (κ2) is 30.4. The lowest BCUT2D eigenvalue weighted by Gasteiger charge is -2.50. The van der Waals surface area contributed by atoms with E-state index >= 15 is 0 Å². The van der Waals surface area contributed by atoms with E-state index in [-0.39, 0.29) is 38.9 Å². The van der Waals surface area contributed by atoms with Gasteiger partial charge >= 0.3 is 11.9 Å². The Morgan fingerprint density at radius 3 is 1.59 bits per heavy atom. The van der Waals surface area contributed by atoms with Gasteiger partial charge in [-0.1, -0.05) is 61.6 Å². The molecule has 24 heteroatoms. The number of fused-ring (bicyclic) bond motifs is 2. The average Bonchev–Trinajstić information content (AvgIpc) is 2.38. The fourth-order valence-corrected chi connectivity index (χ4v) is 17.4. The molecule has 0 amide bonds. The van der Waals surface area contributed by atoms with E-state index in [1.165, 1.54) is 42.8 Å². The standard InChI is InChI=1S/C24H29BrFNO5S.C17H25NO5S.C13H31N4P.C7H5Br2F/c1-23(2,3)32-22(28)15-27(14-16-10-18(25)13-19(26)11-16)33(29,30)20-6-7-21-17(12-20)8-9-24(4,5)31-21;1-16(2,3)23-15(19)11-18-24(20,21)13-6-7-14-12(10-13)8-9-17(4,5)22-14;1-8-17(9-2)18(14-13(3,4)5)15(6)11-10-12-16(18)7;8-4-5-1-6(9)3-7(10)2-5/h6-7,10-13H,8-9,14-15H2,1-5H3;6-7,10,18H,8-9,11H2,1-5H3;8-12H2,1-7H3;1-3H,4H2. The number of hydrogen-bond donors (Lipinski definition) is 1. The molecule has 4 aromatic rings. The molecule has 3 aliphatic heterocycles. The predicted octanol–water partition coefficient (Wildman–Crippen LogP) is 14.5. The van der Waals surface area contributed by atoms with Gasteiger partial charge in [0.2, 0.25) is 20.0 Å². The number of nitrogens with one attached hydrogen (secondary N) is 1. The van der Waals surface area contributed by atoms with E-state index in [2.05, 4.69) is 115 Å². The van der Waals surface area contributed by atoms with Crippen LogP contribution in [0.5, 0.6) is 11.5 Å². The van der Waals surface area contributed by atoms with Crippen LogP contribution in [0.3, 0.4) is 0 Å². The van der Waals surface area contributed by atoms with E-state index < -0.39 is 69.6 Å². The third-order valence-corrected chi connectivity index (χ3v) is 22.3. The first-order valence-electron chi connectivity index (χ1n) is 28.4. The van der Waals surface area contributed by atoms with E-state index in [9.17, 15) is 35.2 Å². The molecule has 3 aliphatic rings. The van der Waals surface area contributed by atoms with Crippen molar-refractivity contribution in [3.63, 3.8) is 0 Å². The molecule has 1 fully saturated rings. The molecule has 85 heavy (non-hydrogen) atoms. The van der Waals surface area contributed by atoms with Crippen LogP contribution in [0, 0.1) is 11.6 Å². The summed E-state index contributed by atoms with van der Waals surface area (Å²) in [5, 5.41) is 0.684. The monoisotopic (exact) mass is 1440 g/mol. The maximum Gasteiger partial charge on any atom is 0.321 e. The van der Waals surface area contributed by atoms with Crippen LogP contribution >= 0.6 is 55.3 Å². The van der Waals surface area contributed by atoms with Crippen molar-refractivity contribution >= 4 is 87.3 Å². The highest BCUT2D eigenvalue weighted by atomic mass is 79.9. The summed E-state index contributed by atoms with van der Waals surface area (Å²) in [7, 11) is -5.06. The SMILES string of the molecule is CC(C)(C)OC(=O)CN(Cc1cc(F)cc(Br)c1)S(=O)(=O)c1ccc2c(c1)CCC(C)(C)O2.CC(C)(C)OC(=O)CNS(=O)(=O)c1ccc2c(c1)CCC(C)(C)O2.CCN(CC)P1(=NC(C)(C)C)N(C)CCCN1C.Fc1cc(Br)cc(CBr)c1. The highest BCUT2D eigenvalue weighted by Crippen LogP contribution is 2.61. The van der Waals surface area contributed by atoms with E-state index in [1.807, 2.05) is 33.8 Å². The average molecular weight is 1440 g/mol. The number of rotatable bonds is 14. The molecule has 0 atom stereocenters. The number of carbonyl (C=O) groups is 2. The molecule has 0 aliphatic carbocycles. The lowest BCUT2D eigenvalue weighted by molar-refractivity contribution is -0.155. The lowest BCUT2D eigenvalue weighted by atomic mass is 9.94. The molecule has 1 N–H and O–H groups in total. The van der Waals surface area contributed by atoms with Crippen molar-refractivity contribution in [2.45, 2.75) is 186 Å². The first-order chi connectivity index (χ1) is 39.0. The summed E-state index contributed by atoms with van der Waals surface area (Å²) in [6.07, 6.45) is 4.24. The van der Waals surface area contributed by atoms with Crippen LogP contribution in [-0.2, 0) is 63.8 Å². The van der Waals surface area contributed by atoms with E-state index in [0.717, 1.165) is 70.9 Å². The Hall–Kier alpha value is -3.35.